The topological polar surface area (TPSA) is 91.0 Å². The third kappa shape index (κ3) is 7.22. The van der Waals surface area contributed by atoms with Crippen LogP contribution in [0.5, 0.6) is 0 Å². The molecule has 8 nitrogen and oxygen atoms in total. The number of anilines is 1. The van der Waals surface area contributed by atoms with Crippen LogP contribution in [0.1, 0.15) is 51.3 Å². The van der Waals surface area contributed by atoms with Crippen LogP contribution < -0.4 is 10.6 Å². The summed E-state index contributed by atoms with van der Waals surface area (Å²) in [6.07, 6.45) is -0.335. The highest BCUT2D eigenvalue weighted by Gasteiger charge is 2.34. The summed E-state index contributed by atoms with van der Waals surface area (Å²) in [5.41, 5.74) is 3.37. The molecule has 2 rings (SSSR count). The Balaban J connectivity index is 1.85. The summed E-state index contributed by atoms with van der Waals surface area (Å²) in [6.45, 7) is 16.5. The molecule has 32 heavy (non-hydrogen) atoms. The van der Waals surface area contributed by atoms with Gasteiger partial charge in [0.05, 0.1) is 13.1 Å². The van der Waals surface area contributed by atoms with E-state index < -0.39 is 5.60 Å². The van der Waals surface area contributed by atoms with Crippen LogP contribution in [-0.2, 0) is 14.3 Å². The Morgan fingerprint density at radius 2 is 1.53 bits per heavy atom. The molecule has 1 saturated heterocycles. The molecule has 0 aromatic heterocycles. The molecule has 0 bridgehead atoms. The van der Waals surface area contributed by atoms with Crippen molar-refractivity contribution in [1.82, 2.24) is 15.1 Å². The van der Waals surface area contributed by atoms with Crippen LogP contribution >= 0.6 is 0 Å². The van der Waals surface area contributed by atoms with E-state index >= 15 is 0 Å². The van der Waals surface area contributed by atoms with Crippen molar-refractivity contribution in [2.24, 2.45) is 0 Å². The minimum Gasteiger partial charge on any atom is -0.444 e. The molecule has 2 atom stereocenters. The highest BCUT2D eigenvalue weighted by Crippen LogP contribution is 2.22. The predicted molar refractivity (Wildman–Crippen MR) is 126 cm³/mol. The van der Waals surface area contributed by atoms with Crippen molar-refractivity contribution < 1.29 is 19.1 Å². The molecule has 0 aliphatic carbocycles. The van der Waals surface area contributed by atoms with Gasteiger partial charge in [0.25, 0.3) is 0 Å². The summed E-state index contributed by atoms with van der Waals surface area (Å²) in [4.78, 5) is 41.0. The first-order valence-corrected chi connectivity index (χ1v) is 11.1. The van der Waals surface area contributed by atoms with Crippen LogP contribution in [0.3, 0.4) is 0 Å². The maximum absolute atomic E-state index is 12.5. The molecule has 1 fully saturated rings. The minimum atomic E-state index is -0.545. The standard InChI is InChI=1S/C24H38N4O4/c1-15-9-16(2)22(17(3)10-15)26-20(29)11-25-21(30)14-28-18(4)12-27(13-19(28)5)23(31)32-24(6,7)8/h9-10,18-19H,11-14H2,1-8H3,(H,25,30)(H,26,29)/t18-,19+. The molecule has 0 unspecified atom stereocenters. The first-order valence-electron chi connectivity index (χ1n) is 11.1. The van der Waals surface area contributed by atoms with Gasteiger partial charge in [-0.15, -0.1) is 0 Å². The van der Waals surface area contributed by atoms with E-state index in [0.717, 1.165) is 22.4 Å². The molecule has 1 heterocycles. The number of carbonyl (C=O) groups excluding carboxylic acids is 3. The van der Waals surface area contributed by atoms with Gasteiger partial charge >= 0.3 is 6.09 Å². The van der Waals surface area contributed by atoms with Crippen LogP contribution in [0.15, 0.2) is 12.1 Å². The summed E-state index contributed by atoms with van der Waals surface area (Å²) < 4.78 is 5.47. The Kier molecular flexibility index (Phi) is 8.29. The van der Waals surface area contributed by atoms with Gasteiger partial charge in [0.2, 0.25) is 11.8 Å². The summed E-state index contributed by atoms with van der Waals surface area (Å²) in [5.74, 6) is -0.480. The minimum absolute atomic E-state index is 0.0105. The maximum atomic E-state index is 12.5. The second kappa shape index (κ2) is 10.3. The smallest absolute Gasteiger partial charge is 0.410 e. The van der Waals surface area contributed by atoms with E-state index in [1.807, 2.05) is 72.4 Å². The average molecular weight is 447 g/mol. The van der Waals surface area contributed by atoms with Crippen LogP contribution in [0.2, 0.25) is 0 Å². The number of rotatable bonds is 5. The van der Waals surface area contributed by atoms with Crippen LogP contribution in [0.25, 0.3) is 0 Å². The Labute approximate surface area is 191 Å². The lowest BCUT2D eigenvalue weighted by atomic mass is 10.1. The zero-order chi connectivity index (χ0) is 24.2. The number of carbonyl (C=O) groups is 3. The van der Waals surface area contributed by atoms with Gasteiger partial charge in [-0.25, -0.2) is 4.79 Å². The Hall–Kier alpha value is -2.61. The van der Waals surface area contributed by atoms with Gasteiger partial charge in [-0.3, -0.25) is 14.5 Å². The van der Waals surface area contributed by atoms with Crippen molar-refractivity contribution in [3.63, 3.8) is 0 Å². The van der Waals surface area contributed by atoms with Gasteiger partial charge in [-0.1, -0.05) is 17.7 Å². The van der Waals surface area contributed by atoms with Crippen molar-refractivity contribution in [2.75, 3.05) is 31.5 Å². The number of amides is 3. The predicted octanol–water partition coefficient (Wildman–Crippen LogP) is 3.00. The van der Waals surface area contributed by atoms with E-state index in [9.17, 15) is 14.4 Å². The number of ether oxygens (including phenoxy) is 1. The van der Waals surface area contributed by atoms with Gasteiger partial charge in [0.1, 0.15) is 5.60 Å². The molecule has 2 N–H and O–H groups in total. The van der Waals surface area contributed by atoms with Crippen molar-refractivity contribution in [2.45, 2.75) is 73.1 Å². The normalized spacial score (nSPS) is 19.4. The van der Waals surface area contributed by atoms with Gasteiger partial charge in [-0.2, -0.15) is 0 Å². The molecular formula is C24H38N4O4. The number of nitrogens with zero attached hydrogens (tertiary/aromatic N) is 2. The zero-order valence-corrected chi connectivity index (χ0v) is 20.7. The van der Waals surface area contributed by atoms with E-state index in [0.29, 0.717) is 13.1 Å². The van der Waals surface area contributed by atoms with Crippen molar-refractivity contribution >= 4 is 23.6 Å². The second-order valence-electron chi connectivity index (χ2n) is 9.85. The molecule has 1 aromatic rings. The highest BCUT2D eigenvalue weighted by atomic mass is 16.6. The largest absolute Gasteiger partial charge is 0.444 e. The molecule has 1 aromatic carbocycles. The van der Waals surface area contributed by atoms with Crippen molar-refractivity contribution in [3.05, 3.63) is 28.8 Å². The number of benzene rings is 1. The molecule has 178 valence electrons. The van der Waals surface area contributed by atoms with Crippen LogP contribution in [0.4, 0.5) is 10.5 Å². The number of aryl methyl sites for hydroxylation is 3. The van der Waals surface area contributed by atoms with Crippen molar-refractivity contribution in [1.29, 1.82) is 0 Å². The third-order valence-corrected chi connectivity index (χ3v) is 5.47. The lowest BCUT2D eigenvalue weighted by Crippen LogP contribution is -2.60. The summed E-state index contributed by atoms with van der Waals surface area (Å²) >= 11 is 0. The number of hydrogen-bond donors (Lipinski definition) is 2. The summed E-state index contributed by atoms with van der Waals surface area (Å²) in [5, 5.41) is 5.60. The lowest BCUT2D eigenvalue weighted by molar-refractivity contribution is -0.126. The Morgan fingerprint density at radius 3 is 2.03 bits per heavy atom. The number of piperazine rings is 1. The van der Waals surface area contributed by atoms with E-state index in [2.05, 4.69) is 10.6 Å². The van der Waals surface area contributed by atoms with E-state index in [1.54, 1.807) is 4.90 Å². The molecule has 3 amide bonds. The second-order valence-corrected chi connectivity index (χ2v) is 9.85. The summed E-state index contributed by atoms with van der Waals surface area (Å²) in [6, 6.07) is 4.01. The first kappa shape index (κ1) is 25.6. The molecule has 0 radical (unpaired) electrons. The van der Waals surface area contributed by atoms with Gasteiger partial charge in [0, 0.05) is 30.9 Å². The average Bonchev–Trinajstić information content (AvgIpc) is 2.64. The van der Waals surface area contributed by atoms with Gasteiger partial charge in [-0.05, 0) is 66.5 Å². The zero-order valence-electron chi connectivity index (χ0n) is 20.7. The number of hydrogen-bond acceptors (Lipinski definition) is 5. The fourth-order valence-electron chi connectivity index (χ4n) is 4.11. The fourth-order valence-corrected chi connectivity index (χ4v) is 4.11. The van der Waals surface area contributed by atoms with E-state index in [4.69, 9.17) is 4.74 Å². The molecule has 1 aliphatic heterocycles. The quantitative estimate of drug-likeness (QED) is 0.726. The number of nitrogens with one attached hydrogen (secondary N) is 2. The molecule has 0 spiro atoms. The Morgan fingerprint density at radius 1 is 1.00 bits per heavy atom. The van der Waals surface area contributed by atoms with E-state index in [-0.39, 0.29) is 43.1 Å². The SMILES string of the molecule is Cc1cc(C)c(NC(=O)CNC(=O)CN2[C@H](C)CN(C(=O)OC(C)(C)C)C[C@@H]2C)c(C)c1. The van der Waals surface area contributed by atoms with E-state index in [1.165, 1.54) is 0 Å². The molecular weight excluding hydrogens is 408 g/mol. The molecule has 0 saturated carbocycles. The molecule has 8 heteroatoms. The lowest BCUT2D eigenvalue weighted by Gasteiger charge is -2.44. The Bertz CT molecular complexity index is 827. The van der Waals surface area contributed by atoms with Crippen LogP contribution in [0, 0.1) is 20.8 Å². The maximum Gasteiger partial charge on any atom is 0.410 e. The van der Waals surface area contributed by atoms with Crippen LogP contribution in [-0.4, -0.2) is 71.6 Å². The fraction of sp³-hybridized carbons (Fsp3) is 0.625. The molecule has 1 aliphatic rings. The highest BCUT2D eigenvalue weighted by molar-refractivity contribution is 5.96. The summed E-state index contributed by atoms with van der Waals surface area (Å²) in [7, 11) is 0. The monoisotopic (exact) mass is 446 g/mol. The van der Waals surface area contributed by atoms with Gasteiger partial charge < -0.3 is 20.3 Å². The first-order chi connectivity index (χ1) is 14.8. The van der Waals surface area contributed by atoms with Crippen molar-refractivity contribution in [3.8, 4) is 0 Å². The van der Waals surface area contributed by atoms with Gasteiger partial charge in [0.15, 0.2) is 0 Å². The third-order valence-electron chi connectivity index (χ3n) is 5.47.